The Labute approximate surface area is 249 Å². The molecule has 3 aromatic heterocycles. The Morgan fingerprint density at radius 3 is 2.43 bits per heavy atom. The van der Waals surface area contributed by atoms with Gasteiger partial charge in [-0.1, -0.05) is 12.1 Å². The Morgan fingerprint density at radius 2 is 1.82 bits per heavy atom. The molecule has 0 unspecified atom stereocenters. The number of sulfonamides is 1. The summed E-state index contributed by atoms with van der Waals surface area (Å²) in [5.74, 6) is -3.47. The van der Waals surface area contributed by atoms with Crippen molar-refractivity contribution in [2.24, 2.45) is 12.8 Å². The molecule has 0 aliphatic carbocycles. The molecule has 0 bridgehead atoms. The molecule has 0 spiro atoms. The number of nitrogens with zero attached hydrogens (tertiary/aromatic N) is 4. The normalized spacial score (nSPS) is 12.2. The van der Waals surface area contributed by atoms with E-state index in [1.54, 1.807) is 42.2 Å². The topological polar surface area (TPSA) is 191 Å². The van der Waals surface area contributed by atoms with Crippen molar-refractivity contribution in [2.45, 2.75) is 23.9 Å². The minimum absolute atomic E-state index is 0.0655. The van der Waals surface area contributed by atoms with Crippen LogP contribution in [0.15, 0.2) is 88.9 Å². The maximum absolute atomic E-state index is 14.9. The zero-order chi connectivity index (χ0) is 31.6. The van der Waals surface area contributed by atoms with E-state index in [-0.39, 0.29) is 29.1 Å². The number of amides is 1. The number of aryl methyl sites for hydroxylation is 1. The second-order valence-corrected chi connectivity index (χ2v) is 11.4. The molecule has 0 aliphatic heterocycles. The van der Waals surface area contributed by atoms with Gasteiger partial charge in [0.15, 0.2) is 0 Å². The molecular formula is C29H26FN7O6S. The van der Waals surface area contributed by atoms with Gasteiger partial charge >= 0.3 is 5.97 Å². The van der Waals surface area contributed by atoms with Crippen LogP contribution in [0.25, 0.3) is 16.6 Å². The van der Waals surface area contributed by atoms with E-state index in [0.29, 0.717) is 22.3 Å². The lowest BCUT2D eigenvalue weighted by molar-refractivity contribution is -0.139. The van der Waals surface area contributed by atoms with Gasteiger partial charge in [-0.2, -0.15) is 0 Å². The Hall–Kier alpha value is -5.41. The van der Waals surface area contributed by atoms with Gasteiger partial charge in [0.1, 0.15) is 11.9 Å². The number of aliphatic carboxylic acids is 1. The highest BCUT2D eigenvalue weighted by Gasteiger charge is 2.24. The van der Waals surface area contributed by atoms with Crippen LogP contribution in [0.4, 0.5) is 10.1 Å². The Kier molecular flexibility index (Phi) is 8.24. The predicted molar refractivity (Wildman–Crippen MR) is 158 cm³/mol. The summed E-state index contributed by atoms with van der Waals surface area (Å²) in [7, 11) is -2.36. The third-order valence-corrected chi connectivity index (χ3v) is 8.27. The first-order chi connectivity index (χ1) is 21.0. The van der Waals surface area contributed by atoms with Crippen LogP contribution in [0.3, 0.4) is 0 Å². The fraction of sp³-hybridized carbons (Fsp3) is 0.138. The number of aromatic nitrogens is 4. The van der Waals surface area contributed by atoms with E-state index in [4.69, 9.17) is 5.73 Å². The number of anilines is 1. The molecular weight excluding hydrogens is 593 g/mol. The number of hydrogen-bond donors (Lipinski definition) is 4. The molecule has 15 heteroatoms. The third kappa shape index (κ3) is 6.04. The molecule has 0 saturated heterocycles. The van der Waals surface area contributed by atoms with Gasteiger partial charge in [-0.25, -0.2) is 22.3 Å². The van der Waals surface area contributed by atoms with Crippen molar-refractivity contribution in [3.63, 3.8) is 0 Å². The first-order valence-corrected chi connectivity index (χ1v) is 14.6. The Bertz CT molecular complexity index is 2040. The van der Waals surface area contributed by atoms with Crippen molar-refractivity contribution in [1.82, 2.24) is 24.6 Å². The summed E-state index contributed by atoms with van der Waals surface area (Å²) in [6.45, 7) is 0.237. The fourth-order valence-electron chi connectivity index (χ4n) is 4.56. The van der Waals surface area contributed by atoms with Crippen molar-refractivity contribution in [3.8, 4) is 5.69 Å². The Morgan fingerprint density at radius 1 is 1.07 bits per heavy atom. The molecule has 5 rings (SSSR count). The number of carbonyl (C=O) groups excluding carboxylic acids is 1. The standard InChI is InChI=1S/C29H26FN7O6S/c1-36-26-16-32-11-10-23(26)28(39)37(36)20-6-4-18(33-15-20)13-25(29(40)41)34-27(38)22-9-5-19(12-24(22)30)35-44(42,43)21-7-2-17(14-31)3-8-21/h2-12,15-16,25,35H,13-14,31H2,1H3,(H,34,38)(H,40,41)/t25-/m0/s1. The molecule has 226 valence electrons. The molecule has 5 aromatic rings. The largest absolute Gasteiger partial charge is 0.480 e. The van der Waals surface area contributed by atoms with Crippen LogP contribution in [0.2, 0.25) is 0 Å². The number of nitrogens with two attached hydrogens (primary N) is 1. The molecule has 44 heavy (non-hydrogen) atoms. The van der Waals surface area contributed by atoms with E-state index in [1.807, 2.05) is 0 Å². The minimum atomic E-state index is -4.05. The maximum atomic E-state index is 14.9. The number of rotatable bonds is 10. The van der Waals surface area contributed by atoms with E-state index in [0.717, 1.165) is 17.7 Å². The van der Waals surface area contributed by atoms with Crippen LogP contribution >= 0.6 is 0 Å². The smallest absolute Gasteiger partial charge is 0.326 e. The van der Waals surface area contributed by atoms with Crippen LogP contribution < -0.4 is 21.3 Å². The Balaban J connectivity index is 1.28. The number of carboxylic acids is 1. The molecule has 0 radical (unpaired) electrons. The van der Waals surface area contributed by atoms with Crippen LogP contribution in [0.1, 0.15) is 21.6 Å². The highest BCUT2D eigenvalue weighted by atomic mass is 32.2. The second-order valence-electron chi connectivity index (χ2n) is 9.76. The van der Waals surface area contributed by atoms with E-state index >= 15 is 0 Å². The molecule has 3 heterocycles. The third-order valence-electron chi connectivity index (χ3n) is 6.88. The molecule has 13 nitrogen and oxygen atoms in total. The van der Waals surface area contributed by atoms with Gasteiger partial charge in [-0.05, 0) is 54.1 Å². The highest BCUT2D eigenvalue weighted by molar-refractivity contribution is 7.92. The first-order valence-electron chi connectivity index (χ1n) is 13.1. The molecule has 5 N–H and O–H groups in total. The van der Waals surface area contributed by atoms with E-state index in [2.05, 4.69) is 20.0 Å². The van der Waals surface area contributed by atoms with Crippen molar-refractivity contribution >= 4 is 38.5 Å². The molecule has 2 aromatic carbocycles. The van der Waals surface area contributed by atoms with Crippen LogP contribution in [-0.4, -0.2) is 50.8 Å². The number of pyridine rings is 2. The monoisotopic (exact) mass is 619 g/mol. The second kappa shape index (κ2) is 12.1. The van der Waals surface area contributed by atoms with Crippen molar-refractivity contribution < 1.29 is 27.5 Å². The van der Waals surface area contributed by atoms with Crippen molar-refractivity contribution in [3.05, 3.63) is 112 Å². The van der Waals surface area contributed by atoms with Gasteiger partial charge in [-0.3, -0.25) is 29.0 Å². The lowest BCUT2D eigenvalue weighted by Crippen LogP contribution is -2.42. The summed E-state index contributed by atoms with van der Waals surface area (Å²) in [5, 5.41) is 12.5. The average molecular weight is 620 g/mol. The van der Waals surface area contributed by atoms with Crippen LogP contribution in [0.5, 0.6) is 0 Å². The molecule has 0 saturated carbocycles. The van der Waals surface area contributed by atoms with E-state index < -0.39 is 39.3 Å². The average Bonchev–Trinajstić information content (AvgIpc) is 3.26. The van der Waals surface area contributed by atoms with E-state index in [9.17, 15) is 32.3 Å². The lowest BCUT2D eigenvalue weighted by Gasteiger charge is -2.15. The number of carbonyl (C=O) groups is 2. The minimum Gasteiger partial charge on any atom is -0.480 e. The summed E-state index contributed by atoms with van der Waals surface area (Å²) < 4.78 is 45.5. The SMILES string of the molecule is Cn1c2cnccc2c(=O)n1-c1ccc(C[C@H](NC(=O)c2ccc(NS(=O)(=O)c3ccc(CN)cc3)cc2F)C(=O)O)nc1. The first kappa shape index (κ1) is 30.1. The van der Waals surface area contributed by atoms with Crippen molar-refractivity contribution in [2.75, 3.05) is 4.72 Å². The van der Waals surface area contributed by atoms with E-state index in [1.165, 1.54) is 41.3 Å². The molecule has 0 fully saturated rings. The van der Waals surface area contributed by atoms with Crippen molar-refractivity contribution in [1.29, 1.82) is 0 Å². The number of fused-ring (bicyclic) bond motifs is 1. The molecule has 0 aliphatic rings. The quantitative estimate of drug-likeness (QED) is 0.181. The number of benzene rings is 2. The number of carboxylic acid groups (broad SMARTS) is 1. The molecule has 1 atom stereocenters. The summed E-state index contributed by atoms with van der Waals surface area (Å²) in [4.78, 5) is 45.8. The summed E-state index contributed by atoms with van der Waals surface area (Å²) in [5.41, 5.74) is 6.69. The van der Waals surface area contributed by atoms with Gasteiger partial charge in [0.25, 0.3) is 21.5 Å². The number of halogens is 1. The summed E-state index contributed by atoms with van der Waals surface area (Å²) in [6.07, 6.45) is 4.24. The fourth-order valence-corrected chi connectivity index (χ4v) is 5.61. The molecule has 1 amide bonds. The van der Waals surface area contributed by atoms with Crippen LogP contribution in [-0.2, 0) is 34.8 Å². The van der Waals surface area contributed by atoms with Crippen LogP contribution in [0, 0.1) is 5.82 Å². The lowest BCUT2D eigenvalue weighted by atomic mass is 10.1. The summed E-state index contributed by atoms with van der Waals surface area (Å²) in [6, 6.07) is 12.1. The summed E-state index contributed by atoms with van der Waals surface area (Å²) >= 11 is 0. The van der Waals surface area contributed by atoms with Gasteiger partial charge in [0.2, 0.25) is 0 Å². The van der Waals surface area contributed by atoms with Gasteiger partial charge < -0.3 is 16.2 Å². The maximum Gasteiger partial charge on any atom is 0.326 e. The highest BCUT2D eigenvalue weighted by Crippen LogP contribution is 2.20. The van der Waals surface area contributed by atoms with Gasteiger partial charge in [0.05, 0.1) is 45.1 Å². The predicted octanol–water partition coefficient (Wildman–Crippen LogP) is 1.94. The van der Waals surface area contributed by atoms with Gasteiger partial charge in [0, 0.05) is 31.9 Å². The zero-order valence-electron chi connectivity index (χ0n) is 23.1. The number of nitrogens with one attached hydrogen (secondary N) is 2. The van der Waals surface area contributed by atoms with Gasteiger partial charge in [-0.15, -0.1) is 0 Å². The zero-order valence-corrected chi connectivity index (χ0v) is 24.0. The number of hydrogen-bond acceptors (Lipinski definition) is 8.